The van der Waals surface area contributed by atoms with E-state index in [9.17, 15) is 0 Å². The molecule has 0 radical (unpaired) electrons. The van der Waals surface area contributed by atoms with Gasteiger partial charge in [-0.2, -0.15) is 5.10 Å². The zero-order chi connectivity index (χ0) is 13.1. The Kier molecular flexibility index (Phi) is 4.22. The highest BCUT2D eigenvalue weighted by Crippen LogP contribution is 2.23. The summed E-state index contributed by atoms with van der Waals surface area (Å²) >= 11 is 13.6. The lowest BCUT2D eigenvalue weighted by atomic mass is 10.2. The molecule has 0 spiro atoms. The summed E-state index contributed by atoms with van der Waals surface area (Å²) in [6.07, 6.45) is 1.59. The van der Waals surface area contributed by atoms with Crippen molar-refractivity contribution in [1.82, 2.24) is 4.98 Å². The van der Waals surface area contributed by atoms with Gasteiger partial charge in [0.25, 0.3) is 0 Å². The molecule has 0 saturated carbocycles. The standard InChI is InChI=1S/C12H11Cl2N3S/c1-7-8(2)18-12(16-7)17-15-6-9-10(13)4-3-5-11(9)14/h3-6H,1-2H3,(H,16,17)/b15-6+. The zero-order valence-electron chi connectivity index (χ0n) is 9.87. The third kappa shape index (κ3) is 3.02. The summed E-state index contributed by atoms with van der Waals surface area (Å²) in [5.74, 6) is 0. The largest absolute Gasteiger partial charge is 0.253 e. The molecule has 0 amide bonds. The van der Waals surface area contributed by atoms with Gasteiger partial charge in [0.05, 0.1) is 22.0 Å². The summed E-state index contributed by atoms with van der Waals surface area (Å²) in [6, 6.07) is 5.34. The van der Waals surface area contributed by atoms with E-state index in [1.807, 2.05) is 13.8 Å². The van der Waals surface area contributed by atoms with Crippen LogP contribution in [0.3, 0.4) is 0 Å². The Labute approximate surface area is 119 Å². The molecule has 0 atom stereocenters. The van der Waals surface area contributed by atoms with Gasteiger partial charge in [-0.05, 0) is 26.0 Å². The zero-order valence-corrected chi connectivity index (χ0v) is 12.2. The molecular weight excluding hydrogens is 289 g/mol. The molecule has 0 aliphatic carbocycles. The maximum atomic E-state index is 6.02. The number of halogens is 2. The van der Waals surface area contributed by atoms with E-state index in [1.54, 1.807) is 35.8 Å². The number of aromatic nitrogens is 1. The molecule has 1 aromatic carbocycles. The topological polar surface area (TPSA) is 37.3 Å². The van der Waals surface area contributed by atoms with Gasteiger partial charge in [-0.15, -0.1) is 11.3 Å². The fourth-order valence-corrected chi connectivity index (χ4v) is 2.57. The minimum absolute atomic E-state index is 0.569. The first-order valence-electron chi connectivity index (χ1n) is 5.25. The van der Waals surface area contributed by atoms with Crippen LogP contribution in [-0.2, 0) is 0 Å². The fraction of sp³-hybridized carbons (Fsp3) is 0.167. The first-order valence-corrected chi connectivity index (χ1v) is 6.82. The third-order valence-corrected chi connectivity index (χ3v) is 4.02. The van der Waals surface area contributed by atoms with Gasteiger partial charge in [-0.3, -0.25) is 5.43 Å². The van der Waals surface area contributed by atoms with Crippen molar-refractivity contribution in [1.29, 1.82) is 0 Å². The van der Waals surface area contributed by atoms with Crippen molar-refractivity contribution in [3.05, 3.63) is 44.4 Å². The van der Waals surface area contributed by atoms with Gasteiger partial charge in [-0.25, -0.2) is 4.98 Å². The second-order valence-electron chi connectivity index (χ2n) is 3.67. The minimum atomic E-state index is 0.569. The van der Waals surface area contributed by atoms with Crippen molar-refractivity contribution in [3.63, 3.8) is 0 Å². The maximum absolute atomic E-state index is 6.02. The Morgan fingerprint density at radius 2 is 1.94 bits per heavy atom. The van der Waals surface area contributed by atoms with E-state index < -0.39 is 0 Å². The monoisotopic (exact) mass is 299 g/mol. The van der Waals surface area contributed by atoms with Gasteiger partial charge in [0, 0.05) is 10.4 Å². The van der Waals surface area contributed by atoms with E-state index in [4.69, 9.17) is 23.2 Å². The lowest BCUT2D eigenvalue weighted by Crippen LogP contribution is -1.91. The van der Waals surface area contributed by atoms with E-state index in [1.165, 1.54) is 4.88 Å². The molecule has 1 heterocycles. The quantitative estimate of drug-likeness (QED) is 0.668. The second-order valence-corrected chi connectivity index (χ2v) is 5.68. The Morgan fingerprint density at radius 3 is 2.50 bits per heavy atom. The summed E-state index contributed by atoms with van der Waals surface area (Å²) < 4.78 is 0. The Morgan fingerprint density at radius 1 is 1.28 bits per heavy atom. The number of benzene rings is 1. The number of hydrogen-bond donors (Lipinski definition) is 1. The number of hydrazone groups is 1. The molecule has 0 aliphatic rings. The predicted octanol–water partition coefficient (Wildman–Crippen LogP) is 4.51. The normalized spacial score (nSPS) is 11.1. The number of rotatable bonds is 3. The third-order valence-electron chi connectivity index (χ3n) is 2.38. The van der Waals surface area contributed by atoms with Crippen LogP contribution in [0.1, 0.15) is 16.1 Å². The van der Waals surface area contributed by atoms with Crippen molar-refractivity contribution in [2.45, 2.75) is 13.8 Å². The SMILES string of the molecule is Cc1nc(N/N=C/c2c(Cl)cccc2Cl)sc1C. The number of nitrogens with one attached hydrogen (secondary N) is 1. The van der Waals surface area contributed by atoms with Gasteiger partial charge in [-0.1, -0.05) is 29.3 Å². The average Bonchev–Trinajstić information content (AvgIpc) is 2.62. The number of anilines is 1. The van der Waals surface area contributed by atoms with Crippen LogP contribution >= 0.6 is 34.5 Å². The van der Waals surface area contributed by atoms with Gasteiger partial charge < -0.3 is 0 Å². The molecule has 0 fully saturated rings. The molecule has 0 saturated heterocycles. The highest BCUT2D eigenvalue weighted by atomic mass is 35.5. The summed E-state index contributed by atoms with van der Waals surface area (Å²) in [4.78, 5) is 5.48. The number of nitrogens with zero attached hydrogens (tertiary/aromatic N) is 2. The number of thiazole rings is 1. The maximum Gasteiger partial charge on any atom is 0.203 e. The molecular formula is C12H11Cl2N3S. The van der Waals surface area contributed by atoms with Gasteiger partial charge in [0.1, 0.15) is 0 Å². The molecule has 2 rings (SSSR count). The summed E-state index contributed by atoms with van der Waals surface area (Å²) in [6.45, 7) is 3.98. The van der Waals surface area contributed by atoms with Gasteiger partial charge in [0.2, 0.25) is 5.13 Å². The van der Waals surface area contributed by atoms with Crippen molar-refractivity contribution >= 4 is 45.9 Å². The predicted molar refractivity (Wildman–Crippen MR) is 79.3 cm³/mol. The second kappa shape index (κ2) is 5.69. The molecule has 1 aromatic heterocycles. The van der Waals surface area contributed by atoms with E-state index in [0.29, 0.717) is 15.6 Å². The van der Waals surface area contributed by atoms with Gasteiger partial charge in [0.15, 0.2) is 0 Å². The van der Waals surface area contributed by atoms with E-state index in [2.05, 4.69) is 15.5 Å². The highest BCUT2D eigenvalue weighted by Gasteiger charge is 2.03. The molecule has 0 bridgehead atoms. The lowest BCUT2D eigenvalue weighted by molar-refractivity contribution is 1.20. The molecule has 2 aromatic rings. The fourth-order valence-electron chi connectivity index (χ4n) is 1.31. The Hall–Kier alpha value is -1.10. The first-order chi connectivity index (χ1) is 8.58. The average molecular weight is 300 g/mol. The van der Waals surface area contributed by atoms with Crippen molar-refractivity contribution in [3.8, 4) is 0 Å². The molecule has 1 N–H and O–H groups in total. The molecule has 0 aliphatic heterocycles. The van der Waals surface area contributed by atoms with Crippen LogP contribution in [0.15, 0.2) is 23.3 Å². The van der Waals surface area contributed by atoms with Gasteiger partial charge >= 0.3 is 0 Å². The molecule has 18 heavy (non-hydrogen) atoms. The van der Waals surface area contributed by atoms with E-state index in [-0.39, 0.29) is 0 Å². The van der Waals surface area contributed by atoms with Crippen LogP contribution < -0.4 is 5.43 Å². The van der Waals surface area contributed by atoms with Crippen LogP contribution in [0, 0.1) is 13.8 Å². The minimum Gasteiger partial charge on any atom is -0.253 e. The lowest BCUT2D eigenvalue weighted by Gasteiger charge is -2.00. The first kappa shape index (κ1) is 13.3. The summed E-state index contributed by atoms with van der Waals surface area (Å²) in [5.41, 5.74) is 4.57. The van der Waals surface area contributed by atoms with E-state index in [0.717, 1.165) is 10.8 Å². The van der Waals surface area contributed by atoms with Crippen LogP contribution in [0.4, 0.5) is 5.13 Å². The van der Waals surface area contributed by atoms with Crippen LogP contribution in [0.25, 0.3) is 0 Å². The summed E-state index contributed by atoms with van der Waals surface area (Å²) in [7, 11) is 0. The smallest absolute Gasteiger partial charge is 0.203 e. The molecule has 0 unspecified atom stereocenters. The number of hydrogen-bond acceptors (Lipinski definition) is 4. The van der Waals surface area contributed by atoms with Crippen LogP contribution in [0.2, 0.25) is 10.0 Å². The highest BCUT2D eigenvalue weighted by molar-refractivity contribution is 7.15. The van der Waals surface area contributed by atoms with Crippen LogP contribution in [0.5, 0.6) is 0 Å². The van der Waals surface area contributed by atoms with E-state index >= 15 is 0 Å². The van der Waals surface area contributed by atoms with Crippen molar-refractivity contribution in [2.75, 3.05) is 5.43 Å². The van der Waals surface area contributed by atoms with Crippen molar-refractivity contribution in [2.24, 2.45) is 5.10 Å². The van der Waals surface area contributed by atoms with Crippen LogP contribution in [-0.4, -0.2) is 11.2 Å². The molecule has 6 heteroatoms. The number of aryl methyl sites for hydroxylation is 2. The summed E-state index contributed by atoms with van der Waals surface area (Å²) in [5, 5.41) is 5.98. The molecule has 94 valence electrons. The van der Waals surface area contributed by atoms with Crippen molar-refractivity contribution < 1.29 is 0 Å². The Bertz CT molecular complexity index is 553. The Balaban J connectivity index is 2.12. The molecule has 3 nitrogen and oxygen atoms in total.